The summed E-state index contributed by atoms with van der Waals surface area (Å²) in [6.07, 6.45) is 71.3. The second-order valence-corrected chi connectivity index (χ2v) is 22.0. The number of unbranched alkanes of at least 4 members (excludes halogenated alkanes) is 19. The number of allylic oxidation sites excluding steroid dienone is 22. The van der Waals surface area contributed by atoms with Crippen LogP contribution in [0.4, 0.5) is 0 Å². The molecule has 1 fully saturated rings. The predicted octanol–water partition coefficient (Wildman–Crippen LogP) is 18.1. The van der Waals surface area contributed by atoms with E-state index >= 15 is 0 Å². The molecular weight excluding hydrogens is 1070 g/mol. The van der Waals surface area contributed by atoms with Crippen LogP contribution in [0.15, 0.2) is 134 Å². The summed E-state index contributed by atoms with van der Waals surface area (Å²) in [6, 6.07) is 0. The molecule has 0 amide bonds. The summed E-state index contributed by atoms with van der Waals surface area (Å²) in [5.41, 5.74) is 0. The van der Waals surface area contributed by atoms with Crippen LogP contribution in [0.3, 0.4) is 0 Å². The molecule has 1 heterocycles. The molecule has 0 aromatic heterocycles. The fourth-order valence-electron chi connectivity index (χ4n) is 9.20. The highest BCUT2D eigenvalue weighted by Crippen LogP contribution is 2.26. The molecule has 1 saturated heterocycles. The van der Waals surface area contributed by atoms with Gasteiger partial charge in [0, 0.05) is 19.3 Å². The number of hydrogen-bond donors (Lipinski definition) is 3. The highest BCUT2D eigenvalue weighted by atomic mass is 16.7. The molecule has 0 aromatic rings. The number of hydrogen-bond acceptors (Lipinski definition) is 11. The van der Waals surface area contributed by atoms with Crippen molar-refractivity contribution in [1.29, 1.82) is 0 Å². The first kappa shape index (κ1) is 77.9. The van der Waals surface area contributed by atoms with E-state index in [9.17, 15) is 34.5 Å². The normalized spacial score (nSPS) is 18.3. The molecule has 3 N–H and O–H groups in total. The number of ether oxygens (including phenoxy) is 5. The summed E-state index contributed by atoms with van der Waals surface area (Å²) in [6.45, 7) is 5.72. The number of aliphatic hydroxyl groups excluding tert-OH is 2. The number of aliphatic carboxylic acids is 1. The Bertz CT molecular complexity index is 1990. The average Bonchev–Trinajstić information content (AvgIpc) is 2.79. The molecule has 480 valence electrons. The van der Waals surface area contributed by atoms with Crippen molar-refractivity contribution < 1.29 is 58.2 Å². The SMILES string of the molecule is CC/C=C\C/C=C\C/C=C\C/C=C\C/C=C\C/C=C\CCC(=O)OC1C(OCC(COC(=O)CCCCCCCCCCC/C=C\C/C=C\CCCCC)OC(=O)CCCCCCCCC/C=C\C/C=C\C/C=C\CC)OC(C(=O)O)C(O)C1O. The number of carbonyl (C=O) groups is 4. The van der Waals surface area contributed by atoms with Crippen LogP contribution in [0.2, 0.25) is 0 Å². The number of carboxylic acid groups (broad SMARTS) is 1. The lowest BCUT2D eigenvalue weighted by molar-refractivity contribution is -0.301. The van der Waals surface area contributed by atoms with Gasteiger partial charge in [-0.15, -0.1) is 0 Å². The third kappa shape index (κ3) is 48.6. The lowest BCUT2D eigenvalue weighted by atomic mass is 9.98. The highest BCUT2D eigenvalue weighted by Gasteiger charge is 2.50. The molecule has 6 unspecified atom stereocenters. The fraction of sp³-hybridized carbons (Fsp3) is 0.644. The van der Waals surface area contributed by atoms with Crippen molar-refractivity contribution in [2.24, 2.45) is 0 Å². The van der Waals surface area contributed by atoms with Crippen LogP contribution in [0, 0.1) is 0 Å². The Hall–Kier alpha value is -5.14. The summed E-state index contributed by atoms with van der Waals surface area (Å²) < 4.78 is 28.5. The molecule has 12 nitrogen and oxygen atoms in total. The summed E-state index contributed by atoms with van der Waals surface area (Å²) in [4.78, 5) is 51.4. The predicted molar refractivity (Wildman–Crippen MR) is 349 cm³/mol. The van der Waals surface area contributed by atoms with E-state index in [1.807, 2.05) is 18.2 Å². The van der Waals surface area contributed by atoms with Crippen LogP contribution >= 0.6 is 0 Å². The van der Waals surface area contributed by atoms with Gasteiger partial charge in [-0.3, -0.25) is 14.4 Å². The van der Waals surface area contributed by atoms with Crippen LogP contribution in [-0.2, 0) is 42.9 Å². The van der Waals surface area contributed by atoms with E-state index in [-0.39, 0.29) is 25.9 Å². The third-order valence-corrected chi connectivity index (χ3v) is 14.2. The lowest BCUT2D eigenvalue weighted by Gasteiger charge is -2.40. The van der Waals surface area contributed by atoms with E-state index in [4.69, 9.17) is 23.7 Å². The Kier molecular flexibility index (Phi) is 54.2. The zero-order chi connectivity index (χ0) is 61.7. The van der Waals surface area contributed by atoms with Gasteiger partial charge in [0.25, 0.3) is 0 Å². The minimum absolute atomic E-state index is 0.0727. The summed E-state index contributed by atoms with van der Waals surface area (Å²) in [5, 5.41) is 31.6. The second kappa shape index (κ2) is 59.2. The van der Waals surface area contributed by atoms with Gasteiger partial charge in [0.1, 0.15) is 18.8 Å². The molecule has 0 saturated carbocycles. The van der Waals surface area contributed by atoms with Crippen molar-refractivity contribution in [2.75, 3.05) is 13.2 Å². The van der Waals surface area contributed by atoms with Crippen LogP contribution in [0.5, 0.6) is 0 Å². The largest absolute Gasteiger partial charge is 0.479 e. The van der Waals surface area contributed by atoms with E-state index in [1.165, 1.54) is 57.8 Å². The number of carbonyl (C=O) groups excluding carboxylic acids is 3. The van der Waals surface area contributed by atoms with Crippen molar-refractivity contribution in [3.63, 3.8) is 0 Å². The first-order valence-electron chi connectivity index (χ1n) is 33.2. The van der Waals surface area contributed by atoms with E-state index in [2.05, 4.69) is 136 Å². The first-order valence-corrected chi connectivity index (χ1v) is 33.2. The topological polar surface area (TPSA) is 175 Å². The minimum Gasteiger partial charge on any atom is -0.479 e. The quantitative estimate of drug-likeness (QED) is 0.0228. The standard InChI is InChI=1S/C73H116O12/c1-4-7-10-13-16-19-22-25-28-31-33-36-38-41-44-47-50-53-56-59-65(74)81-62-64(83-66(75)60-57-54-51-48-45-42-39-35-30-27-24-21-18-15-12-9-6-3)63-82-73-71(69(78)68(77)70(85-73)72(79)80)84-67(76)61-58-55-52-49-46-43-40-37-34-32-29-26-23-20-17-14-11-8-5-2/h8-9,11-12,16-21,25-30,34,37,43,46,52,55,64,68-71,73,77-78H,4-7,10,13-15,22-24,31-33,35-36,38-42,44-45,47-51,53-54,56-63H2,1-3H3,(H,79,80)/b11-8-,12-9-,19-16-,20-17-,21-18-,28-25-,29-26-,30-27-,37-34-,46-43-,55-52-. The van der Waals surface area contributed by atoms with Gasteiger partial charge in [0.2, 0.25) is 0 Å². The fourth-order valence-corrected chi connectivity index (χ4v) is 9.20. The Morgan fingerprint density at radius 2 is 0.765 bits per heavy atom. The summed E-state index contributed by atoms with van der Waals surface area (Å²) >= 11 is 0. The van der Waals surface area contributed by atoms with E-state index in [1.54, 1.807) is 0 Å². The van der Waals surface area contributed by atoms with Crippen molar-refractivity contribution in [2.45, 2.75) is 289 Å². The second-order valence-electron chi connectivity index (χ2n) is 22.0. The van der Waals surface area contributed by atoms with E-state index in [0.717, 1.165) is 128 Å². The number of rotatable bonds is 55. The van der Waals surface area contributed by atoms with Crippen molar-refractivity contribution in [1.82, 2.24) is 0 Å². The van der Waals surface area contributed by atoms with Gasteiger partial charge in [0.15, 0.2) is 24.6 Å². The molecule has 0 bridgehead atoms. The van der Waals surface area contributed by atoms with Gasteiger partial charge in [-0.1, -0.05) is 244 Å². The van der Waals surface area contributed by atoms with Crippen LogP contribution in [0.25, 0.3) is 0 Å². The maximum atomic E-state index is 13.2. The van der Waals surface area contributed by atoms with E-state index in [0.29, 0.717) is 25.7 Å². The monoisotopic (exact) mass is 1180 g/mol. The van der Waals surface area contributed by atoms with Gasteiger partial charge in [0.05, 0.1) is 6.61 Å². The lowest BCUT2D eigenvalue weighted by Crippen LogP contribution is -2.61. The van der Waals surface area contributed by atoms with Gasteiger partial charge < -0.3 is 39.0 Å². The molecule has 0 aliphatic carbocycles. The highest BCUT2D eigenvalue weighted by molar-refractivity contribution is 5.74. The molecule has 0 spiro atoms. The zero-order valence-corrected chi connectivity index (χ0v) is 53.1. The number of esters is 3. The first-order chi connectivity index (χ1) is 41.6. The van der Waals surface area contributed by atoms with Gasteiger partial charge in [-0.2, -0.15) is 0 Å². The maximum absolute atomic E-state index is 13.2. The van der Waals surface area contributed by atoms with Crippen molar-refractivity contribution in [3.8, 4) is 0 Å². The molecule has 0 radical (unpaired) electrons. The zero-order valence-electron chi connectivity index (χ0n) is 53.1. The Morgan fingerprint density at radius 1 is 0.400 bits per heavy atom. The van der Waals surface area contributed by atoms with Gasteiger partial charge in [-0.25, -0.2) is 4.79 Å². The van der Waals surface area contributed by atoms with Crippen LogP contribution < -0.4 is 0 Å². The molecule has 12 heteroatoms. The third-order valence-electron chi connectivity index (χ3n) is 14.2. The molecular formula is C73H116O12. The maximum Gasteiger partial charge on any atom is 0.335 e. The molecule has 0 aromatic carbocycles. The Morgan fingerprint density at radius 3 is 1.18 bits per heavy atom. The summed E-state index contributed by atoms with van der Waals surface area (Å²) in [7, 11) is 0. The number of carboxylic acids is 1. The van der Waals surface area contributed by atoms with Gasteiger partial charge in [-0.05, 0) is 122 Å². The molecule has 1 aliphatic rings. The Balaban J connectivity index is 2.71. The van der Waals surface area contributed by atoms with Gasteiger partial charge >= 0.3 is 23.9 Å². The molecule has 1 aliphatic heterocycles. The molecule has 85 heavy (non-hydrogen) atoms. The van der Waals surface area contributed by atoms with E-state index < -0.39 is 67.3 Å². The Labute approximate surface area is 515 Å². The van der Waals surface area contributed by atoms with Crippen molar-refractivity contribution in [3.05, 3.63) is 134 Å². The minimum atomic E-state index is -1.94. The summed E-state index contributed by atoms with van der Waals surface area (Å²) in [5.74, 6) is -3.26. The number of aliphatic hydroxyl groups is 2. The van der Waals surface area contributed by atoms with Crippen LogP contribution in [-0.4, -0.2) is 89.2 Å². The van der Waals surface area contributed by atoms with Crippen molar-refractivity contribution >= 4 is 23.9 Å². The van der Waals surface area contributed by atoms with Crippen LogP contribution in [0.1, 0.15) is 252 Å². The molecule has 6 atom stereocenters. The smallest absolute Gasteiger partial charge is 0.335 e. The molecule has 1 rings (SSSR count). The average molecular weight is 1190 g/mol.